The van der Waals surface area contributed by atoms with Crippen molar-refractivity contribution in [3.63, 3.8) is 0 Å². The molecule has 1 aromatic rings. The number of ether oxygens (including phenoxy) is 1. The number of rotatable bonds is 6. The minimum Gasteiger partial charge on any atom is -0.463 e. The second-order valence-electron chi connectivity index (χ2n) is 9.16. The Morgan fingerprint density at radius 1 is 1.15 bits per heavy atom. The number of piperazine rings is 1. The minimum atomic E-state index is -0.651. The molecule has 0 spiro atoms. The summed E-state index contributed by atoms with van der Waals surface area (Å²) in [5.41, 5.74) is 1.75. The third-order valence-corrected chi connectivity index (χ3v) is 7.25. The zero-order valence-corrected chi connectivity index (χ0v) is 20.6. The highest BCUT2D eigenvalue weighted by atomic mass is 35.5. The number of benzene rings is 1. The number of nitrogens with zero attached hydrogens (tertiary/aromatic N) is 3. The molecule has 1 saturated carbocycles. The lowest BCUT2D eigenvalue weighted by Gasteiger charge is -2.40. The van der Waals surface area contributed by atoms with Gasteiger partial charge in [-0.05, 0) is 37.5 Å². The van der Waals surface area contributed by atoms with Crippen LogP contribution in [0.15, 0.2) is 35.5 Å². The summed E-state index contributed by atoms with van der Waals surface area (Å²) in [6.45, 7) is 5.11. The maximum absolute atomic E-state index is 13.1. The lowest BCUT2D eigenvalue weighted by atomic mass is 9.94. The third-order valence-electron chi connectivity index (χ3n) is 7.02. The van der Waals surface area contributed by atoms with Crippen molar-refractivity contribution >= 4 is 29.5 Å². The van der Waals surface area contributed by atoms with Gasteiger partial charge in [-0.3, -0.25) is 14.6 Å². The summed E-state index contributed by atoms with van der Waals surface area (Å²) in [5.74, 6) is -0.000521. The molecule has 3 aliphatic rings. The quantitative estimate of drug-likeness (QED) is 0.622. The van der Waals surface area contributed by atoms with Crippen LogP contribution in [0, 0.1) is 5.92 Å². The van der Waals surface area contributed by atoms with Crippen LogP contribution in [0.25, 0.3) is 0 Å². The molecular weight excluding hydrogens is 456 g/mol. The van der Waals surface area contributed by atoms with Gasteiger partial charge < -0.3 is 15.0 Å². The first-order valence-electron chi connectivity index (χ1n) is 12.1. The Bertz CT molecular complexity index is 967. The van der Waals surface area contributed by atoms with Gasteiger partial charge in [0.25, 0.3) is 0 Å². The van der Waals surface area contributed by atoms with E-state index in [1.807, 2.05) is 11.0 Å². The predicted octanol–water partition coefficient (Wildman–Crippen LogP) is 3.19. The highest BCUT2D eigenvalue weighted by Gasteiger charge is 2.38. The van der Waals surface area contributed by atoms with Crippen molar-refractivity contribution < 1.29 is 19.1 Å². The van der Waals surface area contributed by atoms with Gasteiger partial charge >= 0.3 is 12.0 Å². The molecule has 184 valence electrons. The first kappa shape index (κ1) is 24.5. The fraction of sp³-hybridized carbons (Fsp3) is 0.560. The third kappa shape index (κ3) is 5.23. The van der Waals surface area contributed by atoms with Crippen molar-refractivity contribution in [3.8, 4) is 0 Å². The number of carbonyl (C=O) groups excluding carboxylic acids is 3. The van der Waals surface area contributed by atoms with Gasteiger partial charge in [0.1, 0.15) is 0 Å². The van der Waals surface area contributed by atoms with E-state index in [4.69, 9.17) is 16.3 Å². The monoisotopic (exact) mass is 488 g/mol. The molecule has 4 rings (SSSR count). The zero-order chi connectivity index (χ0) is 24.2. The lowest BCUT2D eigenvalue weighted by molar-refractivity contribution is -0.139. The Kier molecular flexibility index (Phi) is 7.78. The zero-order valence-electron chi connectivity index (χ0n) is 19.9. The second kappa shape index (κ2) is 10.8. The van der Waals surface area contributed by atoms with Crippen molar-refractivity contribution in [3.05, 3.63) is 46.1 Å². The van der Waals surface area contributed by atoms with Gasteiger partial charge in [-0.15, -0.1) is 0 Å². The molecule has 1 N–H and O–H groups in total. The smallest absolute Gasteiger partial charge is 0.338 e. The average molecular weight is 489 g/mol. The highest BCUT2D eigenvalue weighted by Crippen LogP contribution is 2.33. The molecule has 0 bridgehead atoms. The number of halogens is 1. The number of esters is 1. The van der Waals surface area contributed by atoms with Gasteiger partial charge in [0, 0.05) is 56.4 Å². The van der Waals surface area contributed by atoms with E-state index in [2.05, 4.69) is 10.2 Å². The van der Waals surface area contributed by atoms with Gasteiger partial charge in [0.05, 0.1) is 18.2 Å². The number of likely N-dealkylation sites (N-methyl/N-ethyl adjacent to an activating group) is 1. The summed E-state index contributed by atoms with van der Waals surface area (Å²) in [6, 6.07) is 6.20. The predicted molar refractivity (Wildman–Crippen MR) is 129 cm³/mol. The van der Waals surface area contributed by atoms with E-state index in [1.54, 1.807) is 32.2 Å². The van der Waals surface area contributed by atoms with Crippen LogP contribution in [0.1, 0.15) is 44.2 Å². The van der Waals surface area contributed by atoms with Crippen LogP contribution in [0.3, 0.4) is 0 Å². The maximum atomic E-state index is 13.1. The number of hydrogen-bond acceptors (Lipinski definition) is 5. The van der Waals surface area contributed by atoms with E-state index in [1.165, 1.54) is 4.90 Å². The number of amides is 3. The van der Waals surface area contributed by atoms with Crippen molar-refractivity contribution in [1.82, 2.24) is 20.0 Å². The summed E-state index contributed by atoms with van der Waals surface area (Å²) in [6.07, 6.45) is 4.28. The molecule has 2 heterocycles. The van der Waals surface area contributed by atoms with Gasteiger partial charge in [0.2, 0.25) is 5.91 Å². The summed E-state index contributed by atoms with van der Waals surface area (Å²) >= 11 is 6.20. The molecule has 2 fully saturated rings. The number of carbonyl (C=O) groups is 3. The van der Waals surface area contributed by atoms with Crippen molar-refractivity contribution in [2.45, 2.75) is 38.6 Å². The minimum absolute atomic E-state index is 0.177. The van der Waals surface area contributed by atoms with Crippen molar-refractivity contribution in [2.24, 2.45) is 5.92 Å². The van der Waals surface area contributed by atoms with Crippen LogP contribution < -0.4 is 5.32 Å². The fourth-order valence-electron chi connectivity index (χ4n) is 5.10. The number of urea groups is 1. The van der Waals surface area contributed by atoms with Gasteiger partial charge in [-0.25, -0.2) is 9.59 Å². The Balaban J connectivity index is 1.56. The van der Waals surface area contributed by atoms with E-state index in [0.29, 0.717) is 49.0 Å². The van der Waals surface area contributed by atoms with Crippen LogP contribution >= 0.6 is 11.6 Å². The van der Waals surface area contributed by atoms with Gasteiger partial charge in [0.15, 0.2) is 0 Å². The molecule has 1 atom stereocenters. The molecule has 3 amide bonds. The van der Waals surface area contributed by atoms with E-state index in [-0.39, 0.29) is 24.5 Å². The molecule has 2 aliphatic heterocycles. The second-order valence-corrected chi connectivity index (χ2v) is 9.60. The molecule has 0 radical (unpaired) electrons. The largest absolute Gasteiger partial charge is 0.463 e. The standard InChI is InChI=1S/C25H33ClN4O4/c1-3-34-24(32)21-20(28(2)25(33)27-22(21)18-9-6-10-19(26)15-18)16-29-11-13-30(14-12-29)23(31)17-7-4-5-8-17/h6,9-10,15,17,22H,3-5,7-8,11-14,16H2,1-2H3,(H,27,33). The van der Waals surface area contributed by atoms with Crippen molar-refractivity contribution in [2.75, 3.05) is 46.4 Å². The summed E-state index contributed by atoms with van der Waals surface area (Å²) in [4.78, 5) is 44.4. The topological polar surface area (TPSA) is 82.2 Å². The molecule has 0 aromatic heterocycles. The summed E-state index contributed by atoms with van der Waals surface area (Å²) in [7, 11) is 1.66. The van der Waals surface area contributed by atoms with E-state index >= 15 is 0 Å². The molecule has 1 saturated heterocycles. The van der Waals surface area contributed by atoms with Crippen LogP contribution in [-0.4, -0.2) is 79.0 Å². The SMILES string of the molecule is CCOC(=O)C1=C(CN2CCN(C(=O)C3CCCC3)CC2)N(C)C(=O)NC1c1cccc(Cl)c1. The van der Waals surface area contributed by atoms with Crippen LogP contribution in [0.2, 0.25) is 5.02 Å². The van der Waals surface area contributed by atoms with Crippen molar-refractivity contribution in [1.29, 1.82) is 0 Å². The molecule has 1 aromatic carbocycles. The van der Waals surface area contributed by atoms with Gasteiger partial charge in [-0.2, -0.15) is 0 Å². The fourth-order valence-corrected chi connectivity index (χ4v) is 5.30. The van der Waals surface area contributed by atoms with E-state index < -0.39 is 12.0 Å². The lowest BCUT2D eigenvalue weighted by Crippen LogP contribution is -2.53. The maximum Gasteiger partial charge on any atom is 0.338 e. The molecule has 34 heavy (non-hydrogen) atoms. The molecule has 1 unspecified atom stereocenters. The number of hydrogen-bond donors (Lipinski definition) is 1. The molecule has 8 nitrogen and oxygen atoms in total. The summed E-state index contributed by atoms with van der Waals surface area (Å²) in [5, 5.41) is 3.44. The Hall–Kier alpha value is -2.58. The first-order chi connectivity index (χ1) is 16.4. The Morgan fingerprint density at radius 2 is 1.85 bits per heavy atom. The Labute approximate surface area is 205 Å². The van der Waals surface area contributed by atoms with Gasteiger partial charge in [-0.1, -0.05) is 36.6 Å². The normalized spacial score (nSPS) is 22.2. The average Bonchev–Trinajstić information content (AvgIpc) is 3.37. The first-order valence-corrected chi connectivity index (χ1v) is 12.5. The van der Waals surface area contributed by atoms with E-state index in [9.17, 15) is 14.4 Å². The molecule has 9 heteroatoms. The van der Waals surface area contributed by atoms with Crippen LogP contribution in [0.5, 0.6) is 0 Å². The van der Waals surface area contributed by atoms with Crippen LogP contribution in [-0.2, 0) is 14.3 Å². The van der Waals surface area contributed by atoms with Crippen LogP contribution in [0.4, 0.5) is 4.79 Å². The summed E-state index contributed by atoms with van der Waals surface area (Å²) < 4.78 is 5.39. The van der Waals surface area contributed by atoms with E-state index in [0.717, 1.165) is 31.2 Å². The molecular formula is C25H33ClN4O4. The highest BCUT2D eigenvalue weighted by molar-refractivity contribution is 6.30. The molecule has 1 aliphatic carbocycles. The number of nitrogens with one attached hydrogen (secondary N) is 1. The Morgan fingerprint density at radius 3 is 2.50 bits per heavy atom.